The van der Waals surface area contributed by atoms with Gasteiger partial charge in [0.2, 0.25) is 11.8 Å². The van der Waals surface area contributed by atoms with Crippen LogP contribution in [-0.4, -0.2) is 23.6 Å². The summed E-state index contributed by atoms with van der Waals surface area (Å²) in [5.74, 6) is -0.436. The fourth-order valence-electron chi connectivity index (χ4n) is 2.38. The number of aromatic nitrogens is 1. The molecule has 3 rings (SSSR count). The molecule has 0 aliphatic carbocycles. The van der Waals surface area contributed by atoms with E-state index >= 15 is 0 Å². The molecule has 23 heavy (non-hydrogen) atoms. The van der Waals surface area contributed by atoms with Crippen molar-refractivity contribution in [1.82, 2.24) is 0 Å². The van der Waals surface area contributed by atoms with Crippen molar-refractivity contribution in [2.75, 3.05) is 16.8 Å². The summed E-state index contributed by atoms with van der Waals surface area (Å²) in [6.45, 7) is 1.71. The average Bonchev–Trinajstić information content (AvgIpc) is 2.55. The van der Waals surface area contributed by atoms with Gasteiger partial charge in [-0.25, -0.2) is 0 Å². The number of hydrogen-bond acceptors (Lipinski definition) is 4. The molecule has 1 aliphatic rings. The van der Waals surface area contributed by atoms with Gasteiger partial charge < -0.3 is 10.5 Å². The first-order valence-electron chi connectivity index (χ1n) is 7.11. The van der Waals surface area contributed by atoms with Crippen LogP contribution in [0.1, 0.15) is 6.92 Å². The summed E-state index contributed by atoms with van der Waals surface area (Å²) >= 11 is 1.18. The number of anilines is 2. The monoisotopic (exact) mass is 329 g/mol. The van der Waals surface area contributed by atoms with Gasteiger partial charge in [-0.15, -0.1) is 0 Å². The third-order valence-corrected chi connectivity index (χ3v) is 4.58. The van der Waals surface area contributed by atoms with E-state index < -0.39 is 5.25 Å². The topological polar surface area (TPSA) is 76.3 Å². The lowest BCUT2D eigenvalue weighted by Crippen LogP contribution is -2.45. The van der Waals surface area contributed by atoms with E-state index in [1.807, 2.05) is 6.07 Å². The number of para-hydroxylation sites is 2. The molecule has 1 aliphatic heterocycles. The van der Waals surface area contributed by atoms with E-state index in [4.69, 9.17) is 0 Å². The Morgan fingerprint density at radius 2 is 2.04 bits per heavy atom. The van der Waals surface area contributed by atoms with Gasteiger partial charge >= 0.3 is 0 Å². The molecule has 1 aromatic carbocycles. The number of thioether (sulfide) groups is 1. The second-order valence-electron chi connectivity index (χ2n) is 5.11. The Bertz CT molecular complexity index is 766. The number of hydrogen-bond donors (Lipinski definition) is 1. The minimum Gasteiger partial charge on any atom is -0.618 e. The van der Waals surface area contributed by atoms with Gasteiger partial charge in [0.15, 0.2) is 6.20 Å². The van der Waals surface area contributed by atoms with Gasteiger partial charge in [-0.3, -0.25) is 14.5 Å². The van der Waals surface area contributed by atoms with Crippen molar-refractivity contribution in [3.63, 3.8) is 0 Å². The Kier molecular flexibility index (Phi) is 4.20. The van der Waals surface area contributed by atoms with Crippen LogP contribution in [0.5, 0.6) is 0 Å². The minimum absolute atomic E-state index is 0.0209. The van der Waals surface area contributed by atoms with Crippen LogP contribution in [0.15, 0.2) is 53.7 Å². The predicted molar refractivity (Wildman–Crippen MR) is 88.1 cm³/mol. The number of carbonyl (C=O) groups excluding carboxylic acids is 2. The highest BCUT2D eigenvalue weighted by molar-refractivity contribution is 8.00. The summed E-state index contributed by atoms with van der Waals surface area (Å²) in [4.78, 5) is 26.0. The normalized spacial score (nSPS) is 14.8. The van der Waals surface area contributed by atoms with Crippen LogP contribution < -0.4 is 14.9 Å². The van der Waals surface area contributed by atoms with Crippen molar-refractivity contribution in [2.45, 2.75) is 17.2 Å². The van der Waals surface area contributed by atoms with Crippen molar-refractivity contribution in [3.05, 3.63) is 53.9 Å². The van der Waals surface area contributed by atoms with Gasteiger partial charge in [0.25, 0.3) is 5.03 Å². The molecule has 118 valence electrons. The van der Waals surface area contributed by atoms with Gasteiger partial charge in [-0.1, -0.05) is 12.1 Å². The van der Waals surface area contributed by atoms with Gasteiger partial charge in [0.1, 0.15) is 6.54 Å². The van der Waals surface area contributed by atoms with E-state index in [0.29, 0.717) is 16.4 Å². The third kappa shape index (κ3) is 3.14. The summed E-state index contributed by atoms with van der Waals surface area (Å²) in [6.07, 6.45) is 1.39. The van der Waals surface area contributed by atoms with Gasteiger partial charge in [-0.2, -0.15) is 4.73 Å². The lowest BCUT2D eigenvalue weighted by Gasteiger charge is -2.30. The van der Waals surface area contributed by atoms with E-state index in [1.54, 1.807) is 43.3 Å². The first kappa shape index (κ1) is 15.4. The highest BCUT2D eigenvalue weighted by Crippen LogP contribution is 2.31. The summed E-state index contributed by atoms with van der Waals surface area (Å²) < 4.78 is 0.727. The standard InChI is InChI=1S/C16H15N3O3S/c1-11(23-15-8-4-5-9-19(15)22)16(21)18-10-14(20)17-12-6-2-3-7-13(12)18/h2-9,11H,10H2,1H3,(H,17,20)/t11-/m1/s1. The Balaban J connectivity index is 1.83. The Hall–Kier alpha value is -2.54. The Morgan fingerprint density at radius 1 is 1.30 bits per heavy atom. The Morgan fingerprint density at radius 3 is 2.83 bits per heavy atom. The van der Waals surface area contributed by atoms with E-state index in [2.05, 4.69) is 5.32 Å². The Labute approximate surface area is 137 Å². The quantitative estimate of drug-likeness (QED) is 0.529. The van der Waals surface area contributed by atoms with E-state index in [1.165, 1.54) is 22.9 Å². The maximum absolute atomic E-state index is 12.7. The lowest BCUT2D eigenvalue weighted by molar-refractivity contribution is -0.645. The zero-order valence-corrected chi connectivity index (χ0v) is 13.2. The highest BCUT2D eigenvalue weighted by Gasteiger charge is 2.31. The van der Waals surface area contributed by atoms with Crippen LogP contribution in [0.2, 0.25) is 0 Å². The lowest BCUT2D eigenvalue weighted by atomic mass is 10.2. The van der Waals surface area contributed by atoms with Crippen LogP contribution in [0.3, 0.4) is 0 Å². The van der Waals surface area contributed by atoms with E-state index in [9.17, 15) is 14.8 Å². The summed E-state index contributed by atoms with van der Waals surface area (Å²) in [6, 6.07) is 12.2. The highest BCUT2D eigenvalue weighted by atomic mass is 32.2. The van der Waals surface area contributed by atoms with Crippen LogP contribution in [0, 0.1) is 5.21 Å². The first-order valence-corrected chi connectivity index (χ1v) is 7.99. The molecule has 1 atom stereocenters. The average molecular weight is 329 g/mol. The van der Waals surface area contributed by atoms with Gasteiger partial charge in [0.05, 0.1) is 16.6 Å². The van der Waals surface area contributed by atoms with Crippen molar-refractivity contribution in [3.8, 4) is 0 Å². The number of nitrogens with one attached hydrogen (secondary N) is 1. The number of nitrogens with zero attached hydrogens (tertiary/aromatic N) is 2. The molecule has 0 bridgehead atoms. The zero-order chi connectivity index (χ0) is 16.4. The third-order valence-electron chi connectivity index (χ3n) is 3.47. The molecule has 1 N–H and O–H groups in total. The SMILES string of the molecule is C[C@@H](Sc1cccc[n+]1[O-])C(=O)N1CC(=O)Nc2ccccc21. The number of benzene rings is 1. The maximum atomic E-state index is 12.7. The number of carbonyl (C=O) groups is 2. The zero-order valence-electron chi connectivity index (χ0n) is 12.4. The molecule has 2 aromatic rings. The van der Waals surface area contributed by atoms with Crippen molar-refractivity contribution < 1.29 is 14.3 Å². The van der Waals surface area contributed by atoms with Gasteiger partial charge in [0, 0.05) is 12.1 Å². The van der Waals surface area contributed by atoms with Crippen molar-refractivity contribution >= 4 is 35.0 Å². The van der Waals surface area contributed by atoms with Crippen LogP contribution >= 0.6 is 11.8 Å². The second kappa shape index (κ2) is 6.29. The molecule has 0 saturated heterocycles. The number of pyridine rings is 1. The second-order valence-corrected chi connectivity index (χ2v) is 6.48. The van der Waals surface area contributed by atoms with Crippen LogP contribution in [-0.2, 0) is 9.59 Å². The molecule has 6 nitrogen and oxygen atoms in total. The fraction of sp³-hybridized carbons (Fsp3) is 0.188. The molecule has 0 radical (unpaired) electrons. The van der Waals surface area contributed by atoms with E-state index in [0.717, 1.165) is 4.73 Å². The molecule has 0 spiro atoms. The number of amides is 2. The molecule has 0 unspecified atom stereocenters. The van der Waals surface area contributed by atoms with E-state index in [-0.39, 0.29) is 18.4 Å². The first-order chi connectivity index (χ1) is 11.1. The molecule has 2 amide bonds. The van der Waals surface area contributed by atoms with Crippen LogP contribution in [0.4, 0.5) is 11.4 Å². The predicted octanol–water partition coefficient (Wildman–Crippen LogP) is 1.79. The molecular formula is C16H15N3O3S. The summed E-state index contributed by atoms with van der Waals surface area (Å²) in [7, 11) is 0. The molecule has 1 aromatic heterocycles. The molecule has 0 fully saturated rings. The minimum atomic E-state index is -0.489. The van der Waals surface area contributed by atoms with Gasteiger partial charge in [-0.05, 0) is 36.9 Å². The summed E-state index contributed by atoms with van der Waals surface area (Å²) in [5, 5.41) is 14.4. The summed E-state index contributed by atoms with van der Waals surface area (Å²) in [5.41, 5.74) is 1.29. The largest absolute Gasteiger partial charge is 0.618 e. The fourth-order valence-corrected chi connectivity index (χ4v) is 3.30. The maximum Gasteiger partial charge on any atom is 0.252 e. The number of fused-ring (bicyclic) bond motifs is 1. The van der Waals surface area contributed by atoms with Crippen molar-refractivity contribution in [2.24, 2.45) is 0 Å². The molecule has 2 heterocycles. The molecule has 0 saturated carbocycles. The molecular weight excluding hydrogens is 314 g/mol. The number of rotatable bonds is 3. The molecule has 7 heteroatoms. The smallest absolute Gasteiger partial charge is 0.252 e. The van der Waals surface area contributed by atoms with Crippen molar-refractivity contribution in [1.29, 1.82) is 0 Å². The van der Waals surface area contributed by atoms with Crippen LogP contribution in [0.25, 0.3) is 0 Å².